The van der Waals surface area contributed by atoms with Gasteiger partial charge in [-0.1, -0.05) is 13.8 Å². The first-order valence-corrected chi connectivity index (χ1v) is 8.10. The molecule has 5 heteroatoms. The van der Waals surface area contributed by atoms with Crippen LogP contribution in [-0.2, 0) is 11.3 Å². The van der Waals surface area contributed by atoms with Crippen LogP contribution < -0.4 is 5.32 Å². The molecule has 1 aromatic rings. The Morgan fingerprint density at radius 1 is 1.48 bits per heavy atom. The molecule has 2 fully saturated rings. The van der Waals surface area contributed by atoms with E-state index in [9.17, 15) is 0 Å². The van der Waals surface area contributed by atoms with Gasteiger partial charge >= 0.3 is 0 Å². The number of fused-ring (bicyclic) bond motifs is 1. The monoisotopic (exact) mass is 290 g/mol. The maximum Gasteiger partial charge on any atom is 0.158 e. The molecule has 2 atom stereocenters. The zero-order valence-corrected chi connectivity index (χ0v) is 13.1. The lowest BCUT2D eigenvalue weighted by Crippen LogP contribution is -2.42. The maximum atomic E-state index is 5.99. The van der Waals surface area contributed by atoms with Gasteiger partial charge in [0.15, 0.2) is 5.82 Å². The fourth-order valence-electron chi connectivity index (χ4n) is 3.13. The van der Waals surface area contributed by atoms with Gasteiger partial charge in [0, 0.05) is 25.3 Å². The number of nitrogens with zero attached hydrogens (tertiary/aromatic N) is 3. The quantitative estimate of drug-likeness (QED) is 0.895. The molecule has 0 bridgehead atoms. The van der Waals surface area contributed by atoms with E-state index in [-0.39, 0.29) is 6.10 Å². The molecule has 116 valence electrons. The molecular weight excluding hydrogens is 264 g/mol. The number of nitrogens with one attached hydrogen (secondary N) is 1. The van der Waals surface area contributed by atoms with Crippen molar-refractivity contribution in [2.45, 2.75) is 45.4 Å². The highest BCUT2D eigenvalue weighted by Gasteiger charge is 2.33. The largest absolute Gasteiger partial charge is 0.367 e. The second-order valence-corrected chi connectivity index (χ2v) is 6.54. The second kappa shape index (κ2) is 6.81. The van der Waals surface area contributed by atoms with Crippen molar-refractivity contribution in [3.05, 3.63) is 23.8 Å². The van der Waals surface area contributed by atoms with E-state index < -0.39 is 0 Å². The Hall–Kier alpha value is -1.04. The van der Waals surface area contributed by atoms with Crippen LogP contribution in [0.15, 0.2) is 12.3 Å². The molecule has 2 aliphatic rings. The summed E-state index contributed by atoms with van der Waals surface area (Å²) in [4.78, 5) is 11.6. The molecule has 0 saturated carbocycles. The van der Waals surface area contributed by atoms with Gasteiger partial charge < -0.3 is 10.1 Å². The summed E-state index contributed by atoms with van der Waals surface area (Å²) in [6.45, 7) is 9.18. The highest BCUT2D eigenvalue weighted by Crippen LogP contribution is 2.28. The zero-order valence-electron chi connectivity index (χ0n) is 13.1. The molecule has 21 heavy (non-hydrogen) atoms. The summed E-state index contributed by atoms with van der Waals surface area (Å²) in [6, 6.07) is 2.61. The molecule has 5 nitrogen and oxygen atoms in total. The molecule has 2 saturated heterocycles. The third-order valence-electron chi connectivity index (χ3n) is 4.27. The number of aromatic nitrogens is 2. The Morgan fingerprint density at radius 2 is 2.38 bits per heavy atom. The number of hydrogen-bond donors (Lipinski definition) is 1. The summed E-state index contributed by atoms with van der Waals surface area (Å²) < 4.78 is 5.99. The van der Waals surface area contributed by atoms with Crippen LogP contribution in [0.5, 0.6) is 0 Å². The number of hydrogen-bond acceptors (Lipinski definition) is 5. The van der Waals surface area contributed by atoms with E-state index in [0.29, 0.717) is 12.0 Å². The van der Waals surface area contributed by atoms with Crippen LogP contribution in [0.1, 0.15) is 44.3 Å². The van der Waals surface area contributed by atoms with Gasteiger partial charge in [0.05, 0.1) is 12.3 Å². The molecule has 2 unspecified atom stereocenters. The summed E-state index contributed by atoms with van der Waals surface area (Å²) in [5, 5.41) is 3.43. The van der Waals surface area contributed by atoms with Crippen LogP contribution in [0.2, 0.25) is 0 Å². The fourth-order valence-corrected chi connectivity index (χ4v) is 3.13. The van der Waals surface area contributed by atoms with Gasteiger partial charge in [-0.05, 0) is 37.9 Å². The Kier molecular flexibility index (Phi) is 4.83. The molecule has 3 rings (SSSR count). The lowest BCUT2D eigenvalue weighted by Gasteiger charge is -2.34. The van der Waals surface area contributed by atoms with E-state index in [0.717, 1.165) is 37.8 Å². The van der Waals surface area contributed by atoms with Crippen LogP contribution in [-0.4, -0.2) is 47.2 Å². The standard InChI is InChI=1S/C16H26N4O/c1-12(2)8-17-9-13-5-6-18-16(19-13)15-10-20-7-3-4-14(20)11-21-15/h5-6,12,14-15,17H,3-4,7-11H2,1-2H3. The molecule has 0 aliphatic carbocycles. The molecule has 2 aliphatic heterocycles. The number of morpholine rings is 1. The van der Waals surface area contributed by atoms with E-state index in [2.05, 4.69) is 34.0 Å². The van der Waals surface area contributed by atoms with Crippen LogP contribution in [0.4, 0.5) is 0 Å². The van der Waals surface area contributed by atoms with Crippen molar-refractivity contribution >= 4 is 0 Å². The first kappa shape index (κ1) is 14.9. The minimum atomic E-state index is 0.0319. The van der Waals surface area contributed by atoms with Gasteiger partial charge in [0.1, 0.15) is 6.10 Å². The Labute approximate surface area is 127 Å². The average Bonchev–Trinajstić information content (AvgIpc) is 2.94. The van der Waals surface area contributed by atoms with Crippen molar-refractivity contribution in [2.24, 2.45) is 5.92 Å². The number of ether oxygens (including phenoxy) is 1. The predicted molar refractivity (Wildman–Crippen MR) is 81.9 cm³/mol. The third-order valence-corrected chi connectivity index (χ3v) is 4.27. The minimum Gasteiger partial charge on any atom is -0.367 e. The molecule has 0 aromatic carbocycles. The lowest BCUT2D eigenvalue weighted by atomic mass is 10.2. The van der Waals surface area contributed by atoms with Gasteiger partial charge in [0.2, 0.25) is 0 Å². The SMILES string of the molecule is CC(C)CNCc1ccnc(C2CN3CCCC3CO2)n1. The predicted octanol–water partition coefficient (Wildman–Crippen LogP) is 1.76. The van der Waals surface area contributed by atoms with Crippen LogP contribution in [0.3, 0.4) is 0 Å². The first-order chi connectivity index (χ1) is 10.2. The van der Waals surface area contributed by atoms with Crippen molar-refractivity contribution < 1.29 is 4.74 Å². The van der Waals surface area contributed by atoms with E-state index in [4.69, 9.17) is 4.74 Å². The summed E-state index contributed by atoms with van der Waals surface area (Å²) >= 11 is 0. The van der Waals surface area contributed by atoms with Gasteiger partial charge in [-0.15, -0.1) is 0 Å². The summed E-state index contributed by atoms with van der Waals surface area (Å²) in [5.41, 5.74) is 1.05. The van der Waals surface area contributed by atoms with E-state index in [1.807, 2.05) is 12.3 Å². The van der Waals surface area contributed by atoms with E-state index in [1.165, 1.54) is 19.4 Å². The normalized spacial score (nSPS) is 26.2. The van der Waals surface area contributed by atoms with Crippen LogP contribution in [0.25, 0.3) is 0 Å². The Bertz CT molecular complexity index is 465. The van der Waals surface area contributed by atoms with E-state index in [1.54, 1.807) is 0 Å². The zero-order chi connectivity index (χ0) is 14.7. The van der Waals surface area contributed by atoms with Crippen LogP contribution >= 0.6 is 0 Å². The summed E-state index contributed by atoms with van der Waals surface area (Å²) in [6.07, 6.45) is 4.45. The highest BCUT2D eigenvalue weighted by atomic mass is 16.5. The highest BCUT2D eigenvalue weighted by molar-refractivity contribution is 5.05. The van der Waals surface area contributed by atoms with Crippen molar-refractivity contribution in [3.63, 3.8) is 0 Å². The van der Waals surface area contributed by atoms with Crippen molar-refractivity contribution in [1.29, 1.82) is 0 Å². The summed E-state index contributed by atoms with van der Waals surface area (Å²) in [7, 11) is 0. The van der Waals surface area contributed by atoms with Crippen molar-refractivity contribution in [3.8, 4) is 0 Å². The molecule has 3 heterocycles. The molecule has 0 radical (unpaired) electrons. The molecule has 1 aromatic heterocycles. The van der Waals surface area contributed by atoms with Crippen molar-refractivity contribution in [1.82, 2.24) is 20.2 Å². The first-order valence-electron chi connectivity index (χ1n) is 8.10. The average molecular weight is 290 g/mol. The van der Waals surface area contributed by atoms with E-state index >= 15 is 0 Å². The fraction of sp³-hybridized carbons (Fsp3) is 0.750. The van der Waals surface area contributed by atoms with Gasteiger partial charge in [-0.3, -0.25) is 4.90 Å². The maximum absolute atomic E-state index is 5.99. The second-order valence-electron chi connectivity index (χ2n) is 6.54. The lowest BCUT2D eigenvalue weighted by molar-refractivity contribution is -0.0542. The third kappa shape index (κ3) is 3.78. The smallest absolute Gasteiger partial charge is 0.158 e. The van der Waals surface area contributed by atoms with Gasteiger partial charge in [-0.2, -0.15) is 0 Å². The van der Waals surface area contributed by atoms with Crippen molar-refractivity contribution in [2.75, 3.05) is 26.2 Å². The Balaban J connectivity index is 1.60. The summed E-state index contributed by atoms with van der Waals surface area (Å²) in [5.74, 6) is 1.49. The van der Waals surface area contributed by atoms with Gasteiger partial charge in [-0.25, -0.2) is 9.97 Å². The molecule has 1 N–H and O–H groups in total. The topological polar surface area (TPSA) is 50.3 Å². The molecule has 0 amide bonds. The number of rotatable bonds is 5. The molecule has 0 spiro atoms. The van der Waals surface area contributed by atoms with Crippen LogP contribution in [0, 0.1) is 5.92 Å². The Morgan fingerprint density at radius 3 is 3.24 bits per heavy atom. The molecular formula is C16H26N4O. The minimum absolute atomic E-state index is 0.0319. The van der Waals surface area contributed by atoms with Gasteiger partial charge in [0.25, 0.3) is 0 Å².